The molecule has 1 saturated heterocycles. The summed E-state index contributed by atoms with van der Waals surface area (Å²) in [4.78, 5) is 0. The predicted octanol–water partition coefficient (Wildman–Crippen LogP) is 0.723. The number of alkyl halides is 1. The van der Waals surface area contributed by atoms with Crippen molar-refractivity contribution in [2.45, 2.75) is 24.5 Å². The van der Waals surface area contributed by atoms with Crippen molar-refractivity contribution in [2.24, 2.45) is 0 Å². The lowest BCUT2D eigenvalue weighted by Crippen LogP contribution is -2.25. The molecule has 0 aromatic heterocycles. The van der Waals surface area contributed by atoms with E-state index < -0.39 is 6.29 Å². The molecule has 0 aliphatic carbocycles. The highest BCUT2D eigenvalue weighted by Crippen LogP contribution is 2.15. The Morgan fingerprint density at radius 1 is 1.50 bits per heavy atom. The second-order valence-corrected chi connectivity index (χ2v) is 2.58. The zero-order valence-electron chi connectivity index (χ0n) is 4.51. The largest absolute Gasteiger partial charge is 0.368 e. The van der Waals surface area contributed by atoms with Gasteiger partial charge in [0, 0.05) is 0 Å². The lowest BCUT2D eigenvalue weighted by Gasteiger charge is -2.20. The van der Waals surface area contributed by atoms with Gasteiger partial charge < -0.3 is 9.84 Å². The average molecular weight is 137 g/mol. The van der Waals surface area contributed by atoms with Gasteiger partial charge in [-0.15, -0.1) is 11.6 Å². The Kier molecular flexibility index (Phi) is 2.11. The maximum atomic E-state index is 8.75. The zero-order valence-corrected chi connectivity index (χ0v) is 5.27. The summed E-state index contributed by atoms with van der Waals surface area (Å²) in [5.41, 5.74) is 0. The van der Waals surface area contributed by atoms with Crippen molar-refractivity contribution < 1.29 is 9.84 Å². The van der Waals surface area contributed by atoms with Crippen LogP contribution in [0.2, 0.25) is 0 Å². The lowest BCUT2D eigenvalue weighted by atomic mass is 10.2. The number of hydrogen-bond acceptors (Lipinski definition) is 2. The Morgan fingerprint density at radius 2 is 2.25 bits per heavy atom. The van der Waals surface area contributed by atoms with Gasteiger partial charge in [-0.05, 0) is 12.8 Å². The normalized spacial score (nSPS) is 39.8. The molecule has 3 heteroatoms. The lowest BCUT2D eigenvalue weighted by molar-refractivity contribution is -0.121. The minimum absolute atomic E-state index is 0.110. The SMILES string of the molecule is OC1CCC(Cl)CO1. The first kappa shape index (κ1) is 6.33. The van der Waals surface area contributed by atoms with Crippen molar-refractivity contribution in [3.63, 3.8) is 0 Å². The molecule has 8 heavy (non-hydrogen) atoms. The summed E-state index contributed by atoms with van der Waals surface area (Å²) in [5, 5.41) is 8.86. The highest BCUT2D eigenvalue weighted by molar-refractivity contribution is 6.20. The molecule has 2 atom stereocenters. The van der Waals surface area contributed by atoms with E-state index in [0.29, 0.717) is 13.0 Å². The number of halogens is 1. The van der Waals surface area contributed by atoms with Gasteiger partial charge in [0.05, 0.1) is 12.0 Å². The van der Waals surface area contributed by atoms with Crippen molar-refractivity contribution >= 4 is 11.6 Å². The molecule has 2 unspecified atom stereocenters. The van der Waals surface area contributed by atoms with Gasteiger partial charge in [-0.2, -0.15) is 0 Å². The number of ether oxygens (including phenoxy) is 1. The Bertz CT molecular complexity index is 58.8. The number of aliphatic hydroxyl groups excluding tert-OH is 1. The van der Waals surface area contributed by atoms with Gasteiger partial charge in [-0.25, -0.2) is 0 Å². The van der Waals surface area contributed by atoms with Crippen molar-refractivity contribution in [1.29, 1.82) is 0 Å². The van der Waals surface area contributed by atoms with E-state index in [2.05, 4.69) is 0 Å². The van der Waals surface area contributed by atoms with Gasteiger partial charge in [0.25, 0.3) is 0 Å². The second-order valence-electron chi connectivity index (χ2n) is 1.96. The summed E-state index contributed by atoms with van der Waals surface area (Å²) in [5.74, 6) is 0. The van der Waals surface area contributed by atoms with Crippen LogP contribution in [0.1, 0.15) is 12.8 Å². The fourth-order valence-electron chi connectivity index (χ4n) is 0.706. The van der Waals surface area contributed by atoms with Crippen LogP contribution in [0.4, 0.5) is 0 Å². The van der Waals surface area contributed by atoms with Gasteiger partial charge in [0.15, 0.2) is 6.29 Å². The van der Waals surface area contributed by atoms with Crippen LogP contribution < -0.4 is 0 Å². The molecule has 0 spiro atoms. The van der Waals surface area contributed by atoms with Crippen LogP contribution in [0.25, 0.3) is 0 Å². The van der Waals surface area contributed by atoms with Crippen LogP contribution in [0.15, 0.2) is 0 Å². The average Bonchev–Trinajstić information content (AvgIpc) is 1.77. The number of rotatable bonds is 0. The molecule has 48 valence electrons. The summed E-state index contributed by atoms with van der Waals surface area (Å²) in [6.07, 6.45) is 0.974. The third kappa shape index (κ3) is 1.62. The topological polar surface area (TPSA) is 29.5 Å². The molecular weight excluding hydrogens is 128 g/mol. The second kappa shape index (κ2) is 2.67. The van der Waals surface area contributed by atoms with Crippen LogP contribution in [0.3, 0.4) is 0 Å². The van der Waals surface area contributed by atoms with Crippen molar-refractivity contribution in [2.75, 3.05) is 6.61 Å². The van der Waals surface area contributed by atoms with E-state index in [4.69, 9.17) is 21.4 Å². The van der Waals surface area contributed by atoms with E-state index >= 15 is 0 Å². The Morgan fingerprint density at radius 3 is 2.62 bits per heavy atom. The molecule has 1 fully saturated rings. The third-order valence-electron chi connectivity index (χ3n) is 1.20. The van der Waals surface area contributed by atoms with Crippen LogP contribution in [-0.2, 0) is 4.74 Å². The van der Waals surface area contributed by atoms with E-state index in [0.717, 1.165) is 6.42 Å². The monoisotopic (exact) mass is 136 g/mol. The molecular formula is C5H9ClO2. The summed E-state index contributed by atoms with van der Waals surface area (Å²) in [7, 11) is 0. The molecule has 2 nitrogen and oxygen atoms in total. The first-order valence-electron chi connectivity index (χ1n) is 2.73. The Balaban J connectivity index is 2.19. The van der Waals surface area contributed by atoms with E-state index in [9.17, 15) is 0 Å². The number of hydrogen-bond donors (Lipinski definition) is 1. The molecule has 0 radical (unpaired) electrons. The summed E-state index contributed by atoms with van der Waals surface area (Å²) >= 11 is 5.65. The first-order valence-corrected chi connectivity index (χ1v) is 3.16. The van der Waals surface area contributed by atoms with Gasteiger partial charge in [0.1, 0.15) is 0 Å². The van der Waals surface area contributed by atoms with Crippen molar-refractivity contribution in [3.05, 3.63) is 0 Å². The van der Waals surface area contributed by atoms with Gasteiger partial charge >= 0.3 is 0 Å². The van der Waals surface area contributed by atoms with Crippen LogP contribution >= 0.6 is 11.6 Å². The van der Waals surface area contributed by atoms with Crippen LogP contribution in [-0.4, -0.2) is 23.4 Å². The molecule has 1 rings (SSSR count). The van der Waals surface area contributed by atoms with E-state index in [1.54, 1.807) is 0 Å². The maximum Gasteiger partial charge on any atom is 0.154 e. The van der Waals surface area contributed by atoms with E-state index in [1.165, 1.54) is 0 Å². The summed E-state index contributed by atoms with van der Waals surface area (Å²) in [6, 6.07) is 0. The summed E-state index contributed by atoms with van der Waals surface area (Å²) in [6.45, 7) is 0.489. The van der Waals surface area contributed by atoms with E-state index in [1.807, 2.05) is 0 Å². The standard InChI is InChI=1S/C5H9ClO2/c6-4-1-2-5(7)8-3-4/h4-5,7H,1-3H2. The Labute approximate surface area is 53.4 Å². The molecule has 1 heterocycles. The fourth-order valence-corrected chi connectivity index (χ4v) is 0.904. The summed E-state index contributed by atoms with van der Waals surface area (Å²) < 4.78 is 4.81. The minimum Gasteiger partial charge on any atom is -0.368 e. The third-order valence-corrected chi connectivity index (χ3v) is 1.54. The molecule has 0 saturated carbocycles. The highest BCUT2D eigenvalue weighted by atomic mass is 35.5. The maximum absolute atomic E-state index is 8.75. The zero-order chi connectivity index (χ0) is 5.98. The molecule has 0 aromatic carbocycles. The van der Waals surface area contributed by atoms with Gasteiger partial charge in [-0.3, -0.25) is 0 Å². The van der Waals surface area contributed by atoms with Crippen molar-refractivity contribution in [3.8, 4) is 0 Å². The molecule has 0 aromatic rings. The predicted molar refractivity (Wildman–Crippen MR) is 30.8 cm³/mol. The van der Waals surface area contributed by atoms with Gasteiger partial charge in [0.2, 0.25) is 0 Å². The first-order chi connectivity index (χ1) is 3.79. The van der Waals surface area contributed by atoms with Crippen LogP contribution in [0.5, 0.6) is 0 Å². The molecule has 1 N–H and O–H groups in total. The fraction of sp³-hybridized carbons (Fsp3) is 1.00. The van der Waals surface area contributed by atoms with E-state index in [-0.39, 0.29) is 5.38 Å². The molecule has 1 aliphatic rings. The molecule has 1 aliphatic heterocycles. The smallest absolute Gasteiger partial charge is 0.154 e. The highest BCUT2D eigenvalue weighted by Gasteiger charge is 2.16. The van der Waals surface area contributed by atoms with Crippen LogP contribution in [0, 0.1) is 0 Å². The minimum atomic E-state index is -0.565. The quantitative estimate of drug-likeness (QED) is 0.498. The Hall–Kier alpha value is 0.210. The van der Waals surface area contributed by atoms with Crippen molar-refractivity contribution in [1.82, 2.24) is 0 Å². The molecule has 0 amide bonds. The molecule has 0 bridgehead atoms. The van der Waals surface area contributed by atoms with Gasteiger partial charge in [-0.1, -0.05) is 0 Å². The number of aliphatic hydroxyl groups is 1.